The lowest BCUT2D eigenvalue weighted by atomic mass is 9.83. The lowest BCUT2D eigenvalue weighted by molar-refractivity contribution is -0.0500. The molecule has 10 heteroatoms. The smallest absolute Gasteiger partial charge is 0.387 e. The summed E-state index contributed by atoms with van der Waals surface area (Å²) in [4.78, 5) is 6.57. The molecule has 0 aromatic carbocycles. The van der Waals surface area contributed by atoms with Gasteiger partial charge in [-0.25, -0.2) is 8.42 Å². The van der Waals surface area contributed by atoms with Gasteiger partial charge in [0, 0.05) is 47.4 Å². The van der Waals surface area contributed by atoms with E-state index in [0.29, 0.717) is 34.7 Å². The van der Waals surface area contributed by atoms with Crippen molar-refractivity contribution >= 4 is 9.84 Å². The van der Waals surface area contributed by atoms with Crippen molar-refractivity contribution in [3.63, 3.8) is 0 Å². The van der Waals surface area contributed by atoms with E-state index in [0.717, 1.165) is 45.2 Å². The molecule has 1 spiro atoms. The lowest BCUT2D eigenvalue weighted by Crippen LogP contribution is -2.51. The molecular weight excluding hydrogens is 462 g/mol. The number of hydrogen-bond donors (Lipinski definition) is 0. The van der Waals surface area contributed by atoms with Gasteiger partial charge in [-0.15, -0.1) is 0 Å². The van der Waals surface area contributed by atoms with Crippen LogP contribution in [-0.2, 0) is 9.84 Å². The van der Waals surface area contributed by atoms with Crippen LogP contribution in [0.15, 0.2) is 24.5 Å². The molecule has 2 aromatic heterocycles. The van der Waals surface area contributed by atoms with Crippen LogP contribution in [0.1, 0.15) is 63.6 Å². The first kappa shape index (κ1) is 23.7. The fourth-order valence-corrected chi connectivity index (χ4v) is 8.39. The van der Waals surface area contributed by atoms with E-state index in [1.54, 1.807) is 12.3 Å². The summed E-state index contributed by atoms with van der Waals surface area (Å²) in [6.07, 6.45) is 8.18. The lowest BCUT2D eigenvalue weighted by Gasteiger charge is -2.40. The fourth-order valence-electron chi connectivity index (χ4n) is 6.14. The Morgan fingerprint density at radius 3 is 2.50 bits per heavy atom. The third-order valence-corrected chi connectivity index (χ3v) is 9.74. The highest BCUT2D eigenvalue weighted by molar-refractivity contribution is 7.92. The molecule has 0 N–H and O–H groups in total. The van der Waals surface area contributed by atoms with Crippen molar-refractivity contribution in [2.45, 2.75) is 70.6 Å². The molecule has 0 atom stereocenters. The van der Waals surface area contributed by atoms with Crippen molar-refractivity contribution in [3.05, 3.63) is 30.2 Å². The number of halogens is 2. The van der Waals surface area contributed by atoms with Crippen molar-refractivity contribution < 1.29 is 21.9 Å². The van der Waals surface area contributed by atoms with Gasteiger partial charge >= 0.3 is 6.61 Å². The van der Waals surface area contributed by atoms with E-state index in [1.807, 2.05) is 4.68 Å². The molecule has 2 aliphatic heterocycles. The largest absolute Gasteiger partial charge is 0.433 e. The Hall–Kier alpha value is -2.07. The SMILES string of the molecule is CC(C)n1nc(-c2cncc(OC(F)F)c2)cc1[C@H]1CC[C@@H](N2CCC3(C2)CS(=O)(=O)C3)CC1. The molecule has 0 radical (unpaired) electrons. The van der Waals surface area contributed by atoms with Crippen molar-refractivity contribution in [1.82, 2.24) is 19.7 Å². The number of pyridine rings is 1. The predicted molar refractivity (Wildman–Crippen MR) is 125 cm³/mol. The molecule has 0 unspecified atom stereocenters. The van der Waals surface area contributed by atoms with Crippen LogP contribution in [0.2, 0.25) is 0 Å². The minimum Gasteiger partial charge on any atom is -0.433 e. The van der Waals surface area contributed by atoms with Gasteiger partial charge < -0.3 is 4.74 Å². The van der Waals surface area contributed by atoms with Crippen LogP contribution in [0.25, 0.3) is 11.3 Å². The monoisotopic (exact) mass is 494 g/mol. The summed E-state index contributed by atoms with van der Waals surface area (Å²) in [5.41, 5.74) is 2.56. The van der Waals surface area contributed by atoms with Crippen molar-refractivity contribution in [2.75, 3.05) is 24.6 Å². The van der Waals surface area contributed by atoms with Crippen LogP contribution in [0, 0.1) is 5.41 Å². The molecule has 0 amide bonds. The summed E-state index contributed by atoms with van der Waals surface area (Å²) >= 11 is 0. The number of rotatable bonds is 6. The average Bonchev–Trinajstić information content (AvgIpc) is 3.38. The molecule has 7 nitrogen and oxygen atoms in total. The molecule has 34 heavy (non-hydrogen) atoms. The third kappa shape index (κ3) is 4.71. The number of aromatic nitrogens is 3. The summed E-state index contributed by atoms with van der Waals surface area (Å²) < 4.78 is 55.2. The number of likely N-dealkylation sites (tertiary alicyclic amines) is 1. The standard InChI is InChI=1S/C24H32F2N4O3S/c1-16(2)30-22(10-21(28-30)18-9-20(12-27-11-18)33-23(25)26)17-3-5-19(6-4-17)29-8-7-24(13-29)14-34(31,32)15-24/h9-12,16-17,19,23H,3-8,13-15H2,1-2H3/t17-,19+. The van der Waals surface area contributed by atoms with Crippen LogP contribution in [-0.4, -0.2) is 65.3 Å². The van der Waals surface area contributed by atoms with E-state index >= 15 is 0 Å². The Kier molecular flexibility index (Phi) is 6.16. The van der Waals surface area contributed by atoms with E-state index in [-0.39, 0.29) is 17.2 Å². The number of sulfone groups is 1. The highest BCUT2D eigenvalue weighted by atomic mass is 32.2. The number of nitrogens with zero attached hydrogens (tertiary/aromatic N) is 4. The van der Waals surface area contributed by atoms with Crippen LogP contribution in [0.3, 0.4) is 0 Å². The van der Waals surface area contributed by atoms with E-state index in [1.165, 1.54) is 11.9 Å². The molecule has 0 bridgehead atoms. The van der Waals surface area contributed by atoms with Crippen LogP contribution in [0.4, 0.5) is 8.78 Å². The zero-order valence-electron chi connectivity index (χ0n) is 19.7. The van der Waals surface area contributed by atoms with Gasteiger partial charge in [0.15, 0.2) is 9.84 Å². The molecule has 2 saturated heterocycles. The Labute approximate surface area is 199 Å². The first-order chi connectivity index (χ1) is 16.1. The molecule has 186 valence electrons. The molecular formula is C24H32F2N4O3S. The molecule has 3 aliphatic rings. The normalized spacial score (nSPS) is 26.3. The summed E-state index contributed by atoms with van der Waals surface area (Å²) in [5.74, 6) is 1.13. The minimum atomic E-state index is -2.89. The Morgan fingerprint density at radius 2 is 1.85 bits per heavy atom. The summed E-state index contributed by atoms with van der Waals surface area (Å²) in [6, 6.07) is 4.31. The summed E-state index contributed by atoms with van der Waals surface area (Å²) in [6.45, 7) is 3.21. The predicted octanol–water partition coefficient (Wildman–Crippen LogP) is 4.27. The van der Waals surface area contributed by atoms with Crippen molar-refractivity contribution in [2.24, 2.45) is 5.41 Å². The van der Waals surface area contributed by atoms with Gasteiger partial charge in [-0.3, -0.25) is 14.6 Å². The molecule has 1 saturated carbocycles. The van der Waals surface area contributed by atoms with Crippen molar-refractivity contribution in [3.8, 4) is 17.0 Å². The number of hydrogen-bond acceptors (Lipinski definition) is 6. The third-order valence-electron chi connectivity index (χ3n) is 7.64. The Bertz CT molecular complexity index is 1130. The van der Waals surface area contributed by atoms with Gasteiger partial charge in [0.25, 0.3) is 0 Å². The Balaban J connectivity index is 1.27. The van der Waals surface area contributed by atoms with Gasteiger partial charge in [-0.2, -0.15) is 13.9 Å². The summed E-state index contributed by atoms with van der Waals surface area (Å²) in [7, 11) is -2.80. The van der Waals surface area contributed by atoms with Gasteiger partial charge in [0.05, 0.1) is 23.4 Å². The second-order valence-electron chi connectivity index (χ2n) is 10.5. The van der Waals surface area contributed by atoms with Gasteiger partial charge in [-0.1, -0.05) is 0 Å². The summed E-state index contributed by atoms with van der Waals surface area (Å²) in [5, 5.41) is 4.79. The van der Waals surface area contributed by atoms with Crippen molar-refractivity contribution in [1.29, 1.82) is 0 Å². The quantitative estimate of drug-likeness (QED) is 0.597. The maximum atomic E-state index is 12.6. The zero-order valence-corrected chi connectivity index (χ0v) is 20.5. The van der Waals surface area contributed by atoms with Crippen LogP contribution in [0.5, 0.6) is 5.75 Å². The Morgan fingerprint density at radius 1 is 1.12 bits per heavy atom. The van der Waals surface area contributed by atoms with E-state index in [2.05, 4.69) is 34.5 Å². The average molecular weight is 495 g/mol. The first-order valence-electron chi connectivity index (χ1n) is 12.1. The van der Waals surface area contributed by atoms with Gasteiger partial charge in [0.1, 0.15) is 5.75 Å². The second kappa shape index (κ2) is 8.86. The van der Waals surface area contributed by atoms with Gasteiger partial charge in [-0.05, 0) is 64.6 Å². The second-order valence-corrected chi connectivity index (χ2v) is 12.6. The van der Waals surface area contributed by atoms with E-state index < -0.39 is 16.4 Å². The molecule has 4 heterocycles. The first-order valence-corrected chi connectivity index (χ1v) is 13.9. The highest BCUT2D eigenvalue weighted by Crippen LogP contribution is 2.45. The molecule has 3 fully saturated rings. The van der Waals surface area contributed by atoms with Crippen LogP contribution < -0.4 is 4.74 Å². The maximum absolute atomic E-state index is 12.6. The maximum Gasteiger partial charge on any atom is 0.387 e. The minimum absolute atomic E-state index is 0.0114. The zero-order chi connectivity index (χ0) is 24.1. The highest BCUT2D eigenvalue weighted by Gasteiger charge is 2.53. The molecule has 1 aliphatic carbocycles. The fraction of sp³-hybridized carbons (Fsp3) is 0.667. The van der Waals surface area contributed by atoms with E-state index in [9.17, 15) is 17.2 Å². The number of ether oxygens (including phenoxy) is 1. The topological polar surface area (TPSA) is 77.3 Å². The van der Waals surface area contributed by atoms with Crippen LogP contribution >= 0.6 is 0 Å². The molecule has 2 aromatic rings. The number of alkyl halides is 2. The van der Waals surface area contributed by atoms with Gasteiger partial charge in [0.2, 0.25) is 0 Å². The molecule has 5 rings (SSSR count). The van der Waals surface area contributed by atoms with E-state index in [4.69, 9.17) is 5.10 Å².